The molecule has 2 aromatic heterocycles. The van der Waals surface area contributed by atoms with Crippen molar-refractivity contribution in [3.05, 3.63) is 34.7 Å². The molecule has 4 rings (SSSR count). The minimum Gasteiger partial charge on any atom is -0.369 e. The monoisotopic (exact) mass is 383 g/mol. The molecule has 0 aromatic carbocycles. The van der Waals surface area contributed by atoms with Crippen LogP contribution < -0.4 is 0 Å². The number of imidazole rings is 1. The van der Waals surface area contributed by atoms with Crippen molar-refractivity contribution in [3.8, 4) is 0 Å². The second-order valence-electron chi connectivity index (χ2n) is 7.08. The highest BCUT2D eigenvalue weighted by Gasteiger charge is 2.39. The molecule has 10 heteroatoms. The smallest absolute Gasteiger partial charge is 0.369 e. The van der Waals surface area contributed by atoms with Crippen molar-refractivity contribution in [1.82, 2.24) is 24.2 Å². The number of hydrogen-bond acceptors (Lipinski definition) is 4. The van der Waals surface area contributed by atoms with Gasteiger partial charge in [-0.3, -0.25) is 9.48 Å². The third-order valence-corrected chi connectivity index (χ3v) is 5.13. The zero-order chi connectivity index (χ0) is 19.5. The zero-order valence-corrected chi connectivity index (χ0v) is 15.2. The molecule has 0 N–H and O–H groups in total. The molecule has 0 fully saturated rings. The van der Waals surface area contributed by atoms with E-state index in [0.29, 0.717) is 17.8 Å². The van der Waals surface area contributed by atoms with Crippen LogP contribution in [0.25, 0.3) is 0 Å². The number of rotatable bonds is 1. The molecule has 0 spiro atoms. The van der Waals surface area contributed by atoms with Crippen LogP contribution in [0, 0.1) is 0 Å². The summed E-state index contributed by atoms with van der Waals surface area (Å²) in [5, 5.41) is 4.40. The Morgan fingerprint density at radius 1 is 1.30 bits per heavy atom. The highest BCUT2D eigenvalue weighted by atomic mass is 19.4. The SMILES string of the molecule is C[C@@H]1Cc2c(C(=O)N3CCn4c(cnc4C(F)(F)F)C3)nn(C)c2[C@H](C)O1. The van der Waals surface area contributed by atoms with Crippen LogP contribution in [-0.4, -0.2) is 42.8 Å². The van der Waals surface area contributed by atoms with Gasteiger partial charge in [-0.05, 0) is 13.8 Å². The number of amides is 1. The average molecular weight is 383 g/mol. The van der Waals surface area contributed by atoms with E-state index in [1.54, 1.807) is 11.7 Å². The molecule has 146 valence electrons. The maximum Gasteiger partial charge on any atom is 0.449 e. The Morgan fingerprint density at radius 3 is 2.74 bits per heavy atom. The quantitative estimate of drug-likeness (QED) is 0.758. The van der Waals surface area contributed by atoms with Gasteiger partial charge >= 0.3 is 6.18 Å². The van der Waals surface area contributed by atoms with Crippen LogP contribution in [0.4, 0.5) is 13.2 Å². The normalized spacial score (nSPS) is 22.5. The van der Waals surface area contributed by atoms with E-state index in [1.165, 1.54) is 11.1 Å². The Labute approximate surface area is 153 Å². The predicted octanol–water partition coefficient (Wildman–Crippen LogP) is 2.31. The summed E-state index contributed by atoms with van der Waals surface area (Å²) in [5.74, 6) is -1.19. The van der Waals surface area contributed by atoms with Crippen LogP contribution in [0.15, 0.2) is 6.20 Å². The lowest BCUT2D eigenvalue weighted by Gasteiger charge is -2.30. The predicted molar refractivity (Wildman–Crippen MR) is 87.8 cm³/mol. The lowest BCUT2D eigenvalue weighted by molar-refractivity contribution is -0.147. The van der Waals surface area contributed by atoms with E-state index in [9.17, 15) is 18.0 Å². The van der Waals surface area contributed by atoms with Gasteiger partial charge in [0.15, 0.2) is 5.69 Å². The van der Waals surface area contributed by atoms with Gasteiger partial charge in [-0.1, -0.05) is 0 Å². The van der Waals surface area contributed by atoms with E-state index in [1.807, 2.05) is 13.8 Å². The first-order valence-corrected chi connectivity index (χ1v) is 8.79. The highest BCUT2D eigenvalue weighted by molar-refractivity contribution is 5.94. The summed E-state index contributed by atoms with van der Waals surface area (Å²) >= 11 is 0. The summed E-state index contributed by atoms with van der Waals surface area (Å²) < 4.78 is 47.6. The summed E-state index contributed by atoms with van der Waals surface area (Å²) in [4.78, 5) is 18.1. The molecule has 0 unspecified atom stereocenters. The fourth-order valence-electron chi connectivity index (χ4n) is 4.04. The number of nitrogens with zero attached hydrogens (tertiary/aromatic N) is 5. The largest absolute Gasteiger partial charge is 0.449 e. The standard InChI is InChI=1S/C17H20F3N5O2/c1-9-6-12-13(22-23(3)14(12)10(2)27-9)15(26)24-4-5-25-11(8-24)7-21-16(25)17(18,19)20/h7,9-10H,4-6,8H2,1-3H3/t9-,10+/m1/s1. The molecular weight excluding hydrogens is 363 g/mol. The first kappa shape index (κ1) is 18.0. The Bertz CT molecular complexity index is 901. The van der Waals surface area contributed by atoms with Crippen LogP contribution in [0.5, 0.6) is 0 Å². The molecule has 0 radical (unpaired) electrons. The van der Waals surface area contributed by atoms with Crippen LogP contribution in [-0.2, 0) is 37.5 Å². The molecule has 27 heavy (non-hydrogen) atoms. The third kappa shape index (κ3) is 2.91. The van der Waals surface area contributed by atoms with E-state index in [2.05, 4.69) is 10.1 Å². The van der Waals surface area contributed by atoms with Crippen LogP contribution in [0.1, 0.15) is 53.2 Å². The summed E-state index contributed by atoms with van der Waals surface area (Å²) in [6.07, 6.45) is -2.93. The van der Waals surface area contributed by atoms with Crippen LogP contribution in [0.3, 0.4) is 0 Å². The van der Waals surface area contributed by atoms with Gasteiger partial charge in [0.2, 0.25) is 5.82 Å². The van der Waals surface area contributed by atoms with Gasteiger partial charge in [-0.25, -0.2) is 4.98 Å². The molecule has 2 aromatic rings. The number of carbonyl (C=O) groups excluding carboxylic acids is 1. The Morgan fingerprint density at radius 2 is 2.04 bits per heavy atom. The molecule has 7 nitrogen and oxygen atoms in total. The molecule has 0 saturated carbocycles. The first-order valence-electron chi connectivity index (χ1n) is 8.79. The van der Waals surface area contributed by atoms with E-state index in [-0.39, 0.29) is 37.7 Å². The van der Waals surface area contributed by atoms with Crippen molar-refractivity contribution in [2.45, 2.75) is 51.7 Å². The van der Waals surface area contributed by atoms with Gasteiger partial charge in [0.25, 0.3) is 5.91 Å². The molecule has 2 atom stereocenters. The van der Waals surface area contributed by atoms with Crippen molar-refractivity contribution in [2.75, 3.05) is 6.54 Å². The lowest BCUT2D eigenvalue weighted by Crippen LogP contribution is -2.39. The maximum atomic E-state index is 13.1. The second-order valence-corrected chi connectivity index (χ2v) is 7.08. The van der Waals surface area contributed by atoms with Gasteiger partial charge < -0.3 is 14.2 Å². The summed E-state index contributed by atoms with van der Waals surface area (Å²) in [6.45, 7) is 4.18. The number of hydrogen-bond donors (Lipinski definition) is 0. The minimum atomic E-state index is -4.50. The number of ether oxygens (including phenoxy) is 1. The van der Waals surface area contributed by atoms with Crippen molar-refractivity contribution in [3.63, 3.8) is 0 Å². The van der Waals surface area contributed by atoms with Crippen molar-refractivity contribution >= 4 is 5.91 Å². The lowest BCUT2D eigenvalue weighted by atomic mass is 9.99. The number of halogens is 3. The molecule has 0 saturated heterocycles. The highest BCUT2D eigenvalue weighted by Crippen LogP contribution is 2.33. The van der Waals surface area contributed by atoms with E-state index < -0.39 is 12.0 Å². The van der Waals surface area contributed by atoms with E-state index in [0.717, 1.165) is 15.8 Å². The Balaban J connectivity index is 1.62. The third-order valence-electron chi connectivity index (χ3n) is 5.13. The number of alkyl halides is 3. The van der Waals surface area contributed by atoms with Crippen LogP contribution in [0.2, 0.25) is 0 Å². The molecule has 0 aliphatic carbocycles. The fraction of sp³-hybridized carbons (Fsp3) is 0.588. The van der Waals surface area contributed by atoms with Crippen molar-refractivity contribution < 1.29 is 22.7 Å². The minimum absolute atomic E-state index is 0.0274. The molecule has 2 aliphatic heterocycles. The van der Waals surface area contributed by atoms with E-state index in [4.69, 9.17) is 4.74 Å². The number of carbonyl (C=O) groups is 1. The molecular formula is C17H20F3N5O2. The zero-order valence-electron chi connectivity index (χ0n) is 15.2. The number of aryl methyl sites for hydroxylation is 1. The Kier molecular flexibility index (Phi) is 4.06. The second kappa shape index (κ2) is 6.08. The first-order chi connectivity index (χ1) is 12.7. The van der Waals surface area contributed by atoms with Crippen molar-refractivity contribution in [2.24, 2.45) is 7.05 Å². The van der Waals surface area contributed by atoms with E-state index >= 15 is 0 Å². The van der Waals surface area contributed by atoms with Gasteiger partial charge in [0.1, 0.15) is 0 Å². The van der Waals surface area contributed by atoms with Gasteiger partial charge in [-0.15, -0.1) is 0 Å². The summed E-state index contributed by atoms with van der Waals surface area (Å²) in [7, 11) is 1.77. The van der Waals surface area contributed by atoms with Crippen molar-refractivity contribution in [1.29, 1.82) is 0 Å². The number of fused-ring (bicyclic) bond motifs is 2. The molecule has 2 aliphatic rings. The molecule has 4 heterocycles. The number of aromatic nitrogens is 4. The van der Waals surface area contributed by atoms with Gasteiger partial charge in [0.05, 0.1) is 36.3 Å². The Hall–Kier alpha value is -2.36. The fourth-order valence-corrected chi connectivity index (χ4v) is 4.04. The topological polar surface area (TPSA) is 65.2 Å². The average Bonchev–Trinajstić information content (AvgIpc) is 3.14. The summed E-state index contributed by atoms with van der Waals surface area (Å²) in [6, 6.07) is 0. The van der Waals surface area contributed by atoms with Gasteiger partial charge in [-0.2, -0.15) is 18.3 Å². The van der Waals surface area contributed by atoms with Gasteiger partial charge in [0, 0.05) is 32.1 Å². The molecule has 1 amide bonds. The maximum absolute atomic E-state index is 13.1. The molecule has 0 bridgehead atoms. The summed E-state index contributed by atoms with van der Waals surface area (Å²) in [5.41, 5.74) is 2.47. The van der Waals surface area contributed by atoms with Crippen LogP contribution >= 0.6 is 0 Å².